The summed E-state index contributed by atoms with van der Waals surface area (Å²) in [6.07, 6.45) is -15.1. The van der Waals surface area contributed by atoms with Gasteiger partial charge in [0.05, 0.1) is 6.61 Å². The van der Waals surface area contributed by atoms with Gasteiger partial charge in [-0.15, -0.1) is 0 Å². The van der Waals surface area contributed by atoms with Gasteiger partial charge in [-0.05, 0) is 12.1 Å². The summed E-state index contributed by atoms with van der Waals surface area (Å²) in [4.78, 5) is 10.8. The van der Waals surface area contributed by atoms with Crippen molar-refractivity contribution in [1.29, 1.82) is 0 Å². The number of carbonyl (C=O) groups excluding carboxylic acids is 1. The van der Waals surface area contributed by atoms with Crippen LogP contribution >= 0.6 is 0 Å². The van der Waals surface area contributed by atoms with Crippen LogP contribution in [0.15, 0.2) is 18.2 Å². The Morgan fingerprint density at radius 3 is 2.05 bits per heavy atom. The largest absolute Gasteiger partial charge is 0.423 e. The molecule has 0 fully saturated rings. The third-order valence-electron chi connectivity index (χ3n) is 2.43. The number of amides is 1. The zero-order valence-corrected chi connectivity index (χ0v) is 10.3. The lowest BCUT2D eigenvalue weighted by molar-refractivity contribution is -0.324. The van der Waals surface area contributed by atoms with Gasteiger partial charge in [-0.3, -0.25) is 4.79 Å². The number of hydrogen-bond acceptors (Lipinski definition) is 3. The van der Waals surface area contributed by atoms with Crippen LogP contribution < -0.4 is 11.5 Å². The molecule has 0 radical (unpaired) electrons. The number of anilines is 1. The molecule has 0 bridgehead atoms. The number of rotatable bonds is 4. The Labute approximate surface area is 114 Å². The molecule has 0 saturated heterocycles. The van der Waals surface area contributed by atoms with Gasteiger partial charge in [0.15, 0.2) is 0 Å². The number of alkyl halides is 6. The Kier molecular flexibility index (Phi) is 4.72. The van der Waals surface area contributed by atoms with E-state index < -0.39 is 31.0 Å². The van der Waals surface area contributed by atoms with Crippen molar-refractivity contribution in [3.63, 3.8) is 0 Å². The molecule has 1 amide bonds. The highest BCUT2D eigenvalue weighted by Gasteiger charge is 2.57. The maximum absolute atomic E-state index is 12.3. The van der Waals surface area contributed by atoms with E-state index in [0.717, 1.165) is 18.2 Å². The van der Waals surface area contributed by atoms with Gasteiger partial charge in [0.25, 0.3) is 0 Å². The molecule has 0 saturated carbocycles. The van der Waals surface area contributed by atoms with Crippen LogP contribution in [-0.2, 0) is 11.3 Å². The normalized spacial score (nSPS) is 12.7. The molecule has 0 spiro atoms. The molecule has 21 heavy (non-hydrogen) atoms. The Balaban J connectivity index is 2.89. The molecule has 0 unspecified atom stereocenters. The lowest BCUT2D eigenvalue weighted by Crippen LogP contribution is -2.44. The number of carbonyl (C=O) groups is 1. The van der Waals surface area contributed by atoms with E-state index in [1.807, 2.05) is 0 Å². The number of nitrogen functional groups attached to an aromatic ring is 1. The number of hydrogen-bond donors (Lipinski definition) is 2. The summed E-state index contributed by atoms with van der Waals surface area (Å²) in [6.45, 7) is -1.02. The molecule has 1 aromatic carbocycles. The number of halogens is 6. The SMILES string of the molecule is NC(=O)c1ccc(COC(C(F)(F)F)C(F)(F)F)c(N)c1. The number of primary amides is 1. The zero-order chi connectivity index (χ0) is 16.4. The van der Waals surface area contributed by atoms with Gasteiger partial charge in [0, 0.05) is 16.8 Å². The van der Waals surface area contributed by atoms with Crippen molar-refractivity contribution in [2.24, 2.45) is 5.73 Å². The summed E-state index contributed by atoms with van der Waals surface area (Å²) in [5.41, 5.74) is 10.0. The van der Waals surface area contributed by atoms with Gasteiger partial charge in [0.1, 0.15) is 0 Å². The quantitative estimate of drug-likeness (QED) is 0.661. The van der Waals surface area contributed by atoms with Crippen molar-refractivity contribution in [1.82, 2.24) is 0 Å². The van der Waals surface area contributed by atoms with Crippen LogP contribution in [0, 0.1) is 0 Å². The topological polar surface area (TPSA) is 78.3 Å². The smallest absolute Gasteiger partial charge is 0.398 e. The summed E-state index contributed by atoms with van der Waals surface area (Å²) < 4.78 is 77.4. The standard InChI is InChI=1S/C11H10F6N2O2/c12-10(13,14)9(11(15,16)17)21-4-6-2-1-5(8(19)20)3-7(6)18/h1-3,9H,4,18H2,(H2,19,20). The Bertz CT molecular complexity index is 512. The second-order valence-electron chi connectivity index (χ2n) is 4.05. The molecule has 0 heterocycles. The molecule has 0 aromatic heterocycles. The minimum atomic E-state index is -5.60. The second-order valence-corrected chi connectivity index (χ2v) is 4.05. The predicted molar refractivity (Wildman–Crippen MR) is 60.1 cm³/mol. The van der Waals surface area contributed by atoms with Gasteiger partial charge < -0.3 is 16.2 Å². The van der Waals surface area contributed by atoms with Crippen LogP contribution in [0.1, 0.15) is 15.9 Å². The van der Waals surface area contributed by atoms with Crippen LogP contribution in [0.2, 0.25) is 0 Å². The lowest BCUT2D eigenvalue weighted by Gasteiger charge is -2.23. The molecule has 0 aliphatic carbocycles. The van der Waals surface area contributed by atoms with Crippen LogP contribution in [-0.4, -0.2) is 24.4 Å². The molecule has 0 aliphatic rings. The Hall–Kier alpha value is -1.97. The van der Waals surface area contributed by atoms with Gasteiger partial charge in [-0.25, -0.2) is 0 Å². The van der Waals surface area contributed by atoms with E-state index in [4.69, 9.17) is 11.5 Å². The first-order chi connectivity index (χ1) is 9.43. The third kappa shape index (κ3) is 4.52. The van der Waals surface area contributed by atoms with Crippen molar-refractivity contribution in [3.8, 4) is 0 Å². The van der Waals surface area contributed by atoms with Crippen LogP contribution in [0.25, 0.3) is 0 Å². The van der Waals surface area contributed by atoms with E-state index >= 15 is 0 Å². The first-order valence-corrected chi connectivity index (χ1v) is 5.36. The fraction of sp³-hybridized carbons (Fsp3) is 0.364. The van der Waals surface area contributed by atoms with Crippen molar-refractivity contribution in [2.75, 3.05) is 5.73 Å². The highest BCUT2D eigenvalue weighted by atomic mass is 19.4. The Morgan fingerprint density at radius 1 is 1.14 bits per heavy atom. The summed E-state index contributed by atoms with van der Waals surface area (Å²) in [5.74, 6) is -0.836. The minimum Gasteiger partial charge on any atom is -0.398 e. The maximum atomic E-state index is 12.3. The van der Waals surface area contributed by atoms with Gasteiger partial charge in [0.2, 0.25) is 12.0 Å². The molecule has 10 heteroatoms. The molecule has 4 nitrogen and oxygen atoms in total. The third-order valence-corrected chi connectivity index (χ3v) is 2.43. The summed E-state index contributed by atoms with van der Waals surface area (Å²) in [5, 5.41) is 0. The van der Waals surface area contributed by atoms with Crippen molar-refractivity contribution >= 4 is 11.6 Å². The van der Waals surface area contributed by atoms with Gasteiger partial charge in [-0.2, -0.15) is 26.3 Å². The van der Waals surface area contributed by atoms with Gasteiger partial charge >= 0.3 is 12.4 Å². The monoisotopic (exact) mass is 316 g/mol. The molecule has 4 N–H and O–H groups in total. The summed E-state index contributed by atoms with van der Waals surface area (Å²) >= 11 is 0. The molecule has 0 atom stereocenters. The van der Waals surface area contributed by atoms with Gasteiger partial charge in [-0.1, -0.05) is 6.07 Å². The van der Waals surface area contributed by atoms with E-state index in [-0.39, 0.29) is 16.8 Å². The highest BCUT2D eigenvalue weighted by Crippen LogP contribution is 2.36. The molecule has 1 aromatic rings. The molecular formula is C11H10F6N2O2. The molecule has 1 rings (SSSR count). The van der Waals surface area contributed by atoms with Crippen molar-refractivity contribution in [2.45, 2.75) is 25.1 Å². The first kappa shape index (κ1) is 17.1. The molecular weight excluding hydrogens is 306 g/mol. The van der Waals surface area contributed by atoms with Crippen LogP contribution in [0.3, 0.4) is 0 Å². The fourth-order valence-corrected chi connectivity index (χ4v) is 1.43. The van der Waals surface area contributed by atoms with Crippen molar-refractivity contribution < 1.29 is 35.9 Å². The van der Waals surface area contributed by atoms with E-state index in [0.29, 0.717) is 0 Å². The zero-order valence-electron chi connectivity index (χ0n) is 10.3. The van der Waals surface area contributed by atoms with E-state index in [2.05, 4.69) is 4.74 Å². The lowest BCUT2D eigenvalue weighted by atomic mass is 10.1. The number of benzene rings is 1. The molecule has 0 aliphatic heterocycles. The van der Waals surface area contributed by atoms with Crippen LogP contribution in [0.4, 0.5) is 32.0 Å². The Morgan fingerprint density at radius 2 is 1.67 bits per heavy atom. The minimum absolute atomic E-state index is 0.0283. The predicted octanol–water partition coefficient (Wildman–Crippen LogP) is 2.38. The number of ether oxygens (including phenoxy) is 1. The van der Waals surface area contributed by atoms with E-state index in [9.17, 15) is 31.1 Å². The maximum Gasteiger partial charge on any atom is 0.423 e. The van der Waals surface area contributed by atoms with E-state index in [1.165, 1.54) is 0 Å². The highest BCUT2D eigenvalue weighted by molar-refractivity contribution is 5.93. The average molecular weight is 316 g/mol. The second kappa shape index (κ2) is 5.80. The van der Waals surface area contributed by atoms with Crippen molar-refractivity contribution in [3.05, 3.63) is 29.3 Å². The summed E-state index contributed by atoms with van der Waals surface area (Å²) in [7, 11) is 0. The number of nitrogens with two attached hydrogens (primary N) is 2. The van der Waals surface area contributed by atoms with E-state index in [1.54, 1.807) is 0 Å². The fourth-order valence-electron chi connectivity index (χ4n) is 1.43. The first-order valence-electron chi connectivity index (χ1n) is 5.36. The molecule has 118 valence electrons. The van der Waals surface area contributed by atoms with Crippen LogP contribution in [0.5, 0.6) is 0 Å². The summed E-state index contributed by atoms with van der Waals surface area (Å²) in [6, 6.07) is 3.23. The average Bonchev–Trinajstić information content (AvgIpc) is 2.27.